The van der Waals surface area contributed by atoms with E-state index in [9.17, 15) is 0 Å². The summed E-state index contributed by atoms with van der Waals surface area (Å²) < 4.78 is 0. The molecule has 0 aromatic heterocycles. The van der Waals surface area contributed by atoms with E-state index >= 15 is 0 Å². The van der Waals surface area contributed by atoms with Gasteiger partial charge in [-0.25, -0.2) is 0 Å². The minimum Gasteiger partial charge on any atom is -0.326 e. The lowest BCUT2D eigenvalue weighted by Gasteiger charge is -2.25. The molecule has 2 N–H and O–H groups in total. The third kappa shape index (κ3) is 4.21. The minimum atomic E-state index is 0.258. The second-order valence-corrected chi connectivity index (χ2v) is 6.12. The van der Waals surface area contributed by atoms with Gasteiger partial charge in [-0.2, -0.15) is 0 Å². The topological polar surface area (TPSA) is 29.3 Å². The van der Waals surface area contributed by atoms with Crippen LogP contribution in [0.25, 0.3) is 0 Å². The molecule has 2 aromatic rings. The van der Waals surface area contributed by atoms with Crippen molar-refractivity contribution in [2.24, 2.45) is 5.73 Å². The molecule has 21 heavy (non-hydrogen) atoms. The Morgan fingerprint density at radius 3 is 2.52 bits per heavy atom. The summed E-state index contributed by atoms with van der Waals surface area (Å²) in [4.78, 5) is 2.25. The summed E-state index contributed by atoms with van der Waals surface area (Å²) in [5.74, 6) is 0. The number of nitrogens with two attached hydrogens (primary N) is 1. The first kappa shape index (κ1) is 16.3. The fraction of sp³-hybridized carbons (Fsp3) is 0.294. The van der Waals surface area contributed by atoms with Gasteiger partial charge >= 0.3 is 0 Å². The third-order valence-electron chi connectivity index (χ3n) is 3.77. The number of benzene rings is 2. The first-order valence-corrected chi connectivity index (χ1v) is 7.70. The highest BCUT2D eigenvalue weighted by Gasteiger charge is 2.13. The Kier molecular flexibility index (Phi) is 5.65. The molecule has 0 amide bonds. The van der Waals surface area contributed by atoms with Gasteiger partial charge in [-0.05, 0) is 48.9 Å². The van der Waals surface area contributed by atoms with Crippen LogP contribution in [0.2, 0.25) is 10.0 Å². The van der Waals surface area contributed by atoms with Crippen molar-refractivity contribution in [2.45, 2.75) is 26.1 Å². The third-order valence-corrected chi connectivity index (χ3v) is 4.35. The lowest BCUT2D eigenvalue weighted by molar-refractivity contribution is 0.253. The highest BCUT2D eigenvalue weighted by molar-refractivity contribution is 6.31. The van der Waals surface area contributed by atoms with Gasteiger partial charge in [-0.1, -0.05) is 47.5 Å². The van der Waals surface area contributed by atoms with Crippen LogP contribution in [0.15, 0.2) is 42.5 Å². The summed E-state index contributed by atoms with van der Waals surface area (Å²) in [6.45, 7) is 3.44. The van der Waals surface area contributed by atoms with Crippen LogP contribution in [-0.2, 0) is 13.1 Å². The summed E-state index contributed by atoms with van der Waals surface area (Å²) in [6.07, 6.45) is 0. The van der Waals surface area contributed by atoms with Crippen molar-refractivity contribution in [3.8, 4) is 0 Å². The molecule has 0 saturated heterocycles. The molecule has 0 saturated carbocycles. The smallest absolute Gasteiger partial charge is 0.0454 e. The van der Waals surface area contributed by atoms with Gasteiger partial charge in [0.05, 0.1) is 0 Å². The maximum atomic E-state index is 6.32. The summed E-state index contributed by atoms with van der Waals surface area (Å²) in [5.41, 5.74) is 8.97. The van der Waals surface area contributed by atoms with Crippen LogP contribution in [0.1, 0.15) is 29.7 Å². The largest absolute Gasteiger partial charge is 0.326 e. The van der Waals surface area contributed by atoms with Crippen LogP contribution in [0.5, 0.6) is 0 Å². The molecular weight excluding hydrogens is 303 g/mol. The maximum Gasteiger partial charge on any atom is 0.0454 e. The lowest BCUT2D eigenvalue weighted by atomic mass is 10.1. The first-order valence-electron chi connectivity index (χ1n) is 6.94. The molecule has 0 bridgehead atoms. The Bertz CT molecular complexity index is 613. The average molecular weight is 323 g/mol. The fourth-order valence-electron chi connectivity index (χ4n) is 2.27. The summed E-state index contributed by atoms with van der Waals surface area (Å²) >= 11 is 12.4. The van der Waals surface area contributed by atoms with Gasteiger partial charge in [-0.15, -0.1) is 0 Å². The van der Waals surface area contributed by atoms with Crippen molar-refractivity contribution >= 4 is 23.2 Å². The van der Waals surface area contributed by atoms with Crippen LogP contribution in [0.4, 0.5) is 0 Å². The maximum absolute atomic E-state index is 6.32. The zero-order valence-electron chi connectivity index (χ0n) is 12.3. The van der Waals surface area contributed by atoms with Crippen LogP contribution < -0.4 is 5.73 Å². The van der Waals surface area contributed by atoms with E-state index in [1.807, 2.05) is 36.4 Å². The predicted molar refractivity (Wildman–Crippen MR) is 90.7 cm³/mol. The second kappa shape index (κ2) is 7.28. The van der Waals surface area contributed by atoms with Gasteiger partial charge in [0.25, 0.3) is 0 Å². The van der Waals surface area contributed by atoms with Gasteiger partial charge < -0.3 is 5.73 Å². The molecule has 0 fully saturated rings. The molecule has 0 spiro atoms. The summed E-state index contributed by atoms with van der Waals surface area (Å²) in [5, 5.41) is 1.53. The van der Waals surface area contributed by atoms with Crippen molar-refractivity contribution in [2.75, 3.05) is 7.05 Å². The van der Waals surface area contributed by atoms with E-state index in [-0.39, 0.29) is 6.04 Å². The van der Waals surface area contributed by atoms with Crippen molar-refractivity contribution in [1.82, 2.24) is 4.90 Å². The number of halogens is 2. The Balaban J connectivity index is 2.12. The molecule has 0 heterocycles. The first-order chi connectivity index (χ1) is 10.0. The average Bonchev–Trinajstić information content (AvgIpc) is 2.48. The molecule has 4 heteroatoms. The SMILES string of the molecule is CC(c1cccc(Cl)c1)N(C)Cc1ccc(CN)cc1Cl. The molecular formula is C17H20Cl2N2. The van der Waals surface area contributed by atoms with Crippen LogP contribution in [0, 0.1) is 0 Å². The highest BCUT2D eigenvalue weighted by Crippen LogP contribution is 2.25. The van der Waals surface area contributed by atoms with Gasteiger partial charge in [0, 0.05) is 29.2 Å². The number of hydrogen-bond acceptors (Lipinski definition) is 2. The molecule has 0 aliphatic carbocycles. The van der Waals surface area contributed by atoms with Gasteiger partial charge in [-0.3, -0.25) is 4.90 Å². The van der Waals surface area contributed by atoms with Crippen molar-refractivity contribution in [3.05, 3.63) is 69.2 Å². The molecule has 1 atom stereocenters. The van der Waals surface area contributed by atoms with E-state index in [0.29, 0.717) is 6.54 Å². The Morgan fingerprint density at radius 1 is 1.14 bits per heavy atom. The fourth-order valence-corrected chi connectivity index (χ4v) is 2.73. The standard InChI is InChI=1S/C17H20Cl2N2/c1-12(14-4-3-5-16(18)9-14)21(2)11-15-7-6-13(10-20)8-17(15)19/h3-9,12H,10-11,20H2,1-2H3. The summed E-state index contributed by atoms with van der Waals surface area (Å²) in [6, 6.07) is 14.2. The van der Waals surface area contributed by atoms with E-state index in [1.54, 1.807) is 0 Å². The van der Waals surface area contributed by atoms with Gasteiger partial charge in [0.2, 0.25) is 0 Å². The normalized spacial score (nSPS) is 12.7. The minimum absolute atomic E-state index is 0.258. The molecule has 112 valence electrons. The van der Waals surface area contributed by atoms with Crippen LogP contribution >= 0.6 is 23.2 Å². The van der Waals surface area contributed by atoms with E-state index in [1.165, 1.54) is 5.56 Å². The molecule has 2 rings (SSSR count). The lowest BCUT2D eigenvalue weighted by Crippen LogP contribution is -2.22. The molecule has 0 aliphatic heterocycles. The quantitative estimate of drug-likeness (QED) is 0.868. The number of rotatable bonds is 5. The number of nitrogens with zero attached hydrogens (tertiary/aromatic N) is 1. The zero-order valence-corrected chi connectivity index (χ0v) is 13.8. The summed E-state index contributed by atoms with van der Waals surface area (Å²) in [7, 11) is 2.08. The van der Waals surface area contributed by atoms with Gasteiger partial charge in [0.15, 0.2) is 0 Å². The molecule has 2 nitrogen and oxygen atoms in total. The van der Waals surface area contributed by atoms with E-state index in [4.69, 9.17) is 28.9 Å². The van der Waals surface area contributed by atoms with Crippen LogP contribution in [0.3, 0.4) is 0 Å². The second-order valence-electron chi connectivity index (χ2n) is 5.28. The highest BCUT2D eigenvalue weighted by atomic mass is 35.5. The predicted octanol–water partition coefficient (Wildman–Crippen LogP) is 4.65. The Hall–Kier alpha value is -1.06. The monoisotopic (exact) mass is 322 g/mol. The van der Waals surface area contributed by atoms with E-state index in [2.05, 4.69) is 24.9 Å². The van der Waals surface area contributed by atoms with Crippen molar-refractivity contribution in [3.63, 3.8) is 0 Å². The Labute approximate surface area is 136 Å². The van der Waals surface area contributed by atoms with Crippen LogP contribution in [-0.4, -0.2) is 11.9 Å². The molecule has 0 radical (unpaired) electrons. The molecule has 0 aliphatic rings. The molecule has 2 aromatic carbocycles. The van der Waals surface area contributed by atoms with E-state index in [0.717, 1.165) is 27.7 Å². The van der Waals surface area contributed by atoms with Crippen molar-refractivity contribution in [1.29, 1.82) is 0 Å². The zero-order chi connectivity index (χ0) is 15.4. The van der Waals surface area contributed by atoms with Gasteiger partial charge in [0.1, 0.15) is 0 Å². The van der Waals surface area contributed by atoms with Crippen molar-refractivity contribution < 1.29 is 0 Å². The number of hydrogen-bond donors (Lipinski definition) is 1. The van der Waals surface area contributed by atoms with E-state index < -0.39 is 0 Å². The molecule has 1 unspecified atom stereocenters. The Morgan fingerprint density at radius 2 is 1.90 bits per heavy atom.